The molecule has 0 spiro atoms. The van der Waals surface area contributed by atoms with E-state index in [1.807, 2.05) is 48.5 Å². The standard InChI is InChI=1S/C25H31N3O3/c1-6-9-17-12-14-18(15-13-17)25(5)22(30)28(23(31)27-25)16-21(29)26-20-11-8-7-10-19(20)24(2,3)4/h7-8,10-15H,6,9,16H2,1-5H3,(H,26,29)(H,27,31). The van der Waals surface area contributed by atoms with Crippen LogP contribution in [0.25, 0.3) is 0 Å². The van der Waals surface area contributed by atoms with Crippen LogP contribution in [0.2, 0.25) is 0 Å². The highest BCUT2D eigenvalue weighted by Crippen LogP contribution is 2.31. The average molecular weight is 422 g/mol. The van der Waals surface area contributed by atoms with Gasteiger partial charge in [-0.2, -0.15) is 0 Å². The number of anilines is 1. The SMILES string of the molecule is CCCc1ccc(C2(C)NC(=O)N(CC(=O)Nc3ccccc3C(C)(C)C)C2=O)cc1. The lowest BCUT2D eigenvalue weighted by Crippen LogP contribution is -2.42. The molecule has 1 aliphatic heterocycles. The number of nitrogens with one attached hydrogen (secondary N) is 2. The molecule has 0 aromatic heterocycles. The molecule has 164 valence electrons. The van der Waals surface area contributed by atoms with E-state index in [2.05, 4.69) is 38.3 Å². The second-order valence-corrected chi connectivity index (χ2v) is 9.24. The van der Waals surface area contributed by atoms with Crippen LogP contribution in [0.4, 0.5) is 10.5 Å². The maximum atomic E-state index is 13.1. The summed E-state index contributed by atoms with van der Waals surface area (Å²) in [7, 11) is 0. The van der Waals surface area contributed by atoms with Crippen LogP contribution in [0.5, 0.6) is 0 Å². The first-order valence-electron chi connectivity index (χ1n) is 10.7. The molecular formula is C25H31N3O3. The van der Waals surface area contributed by atoms with Crippen LogP contribution in [-0.2, 0) is 27.0 Å². The van der Waals surface area contributed by atoms with E-state index in [1.165, 1.54) is 5.56 Å². The second kappa shape index (κ2) is 8.53. The molecule has 1 fully saturated rings. The minimum absolute atomic E-state index is 0.160. The van der Waals surface area contributed by atoms with Gasteiger partial charge in [0.15, 0.2) is 0 Å². The van der Waals surface area contributed by atoms with Gasteiger partial charge in [-0.3, -0.25) is 14.5 Å². The molecule has 2 aromatic rings. The maximum Gasteiger partial charge on any atom is 0.325 e. The van der Waals surface area contributed by atoms with Gasteiger partial charge in [-0.05, 0) is 41.5 Å². The zero-order valence-corrected chi connectivity index (χ0v) is 18.9. The highest BCUT2D eigenvalue weighted by Gasteiger charge is 2.49. The summed E-state index contributed by atoms with van der Waals surface area (Å²) in [6.07, 6.45) is 1.99. The minimum Gasteiger partial charge on any atom is -0.324 e. The number of urea groups is 1. The fraction of sp³-hybridized carbons (Fsp3) is 0.400. The summed E-state index contributed by atoms with van der Waals surface area (Å²) >= 11 is 0. The van der Waals surface area contributed by atoms with Gasteiger partial charge in [0.1, 0.15) is 12.1 Å². The van der Waals surface area contributed by atoms with Gasteiger partial charge in [0.05, 0.1) is 0 Å². The Kier molecular flexibility index (Phi) is 6.20. The molecule has 6 nitrogen and oxygen atoms in total. The van der Waals surface area contributed by atoms with Crippen molar-refractivity contribution < 1.29 is 14.4 Å². The maximum absolute atomic E-state index is 13.1. The normalized spacial score (nSPS) is 18.8. The third kappa shape index (κ3) is 4.63. The van der Waals surface area contributed by atoms with Gasteiger partial charge in [-0.1, -0.05) is 76.6 Å². The Morgan fingerprint density at radius 3 is 2.32 bits per heavy atom. The van der Waals surface area contributed by atoms with E-state index >= 15 is 0 Å². The lowest BCUT2D eigenvalue weighted by molar-refractivity contribution is -0.133. The van der Waals surface area contributed by atoms with Gasteiger partial charge in [-0.15, -0.1) is 0 Å². The third-order valence-corrected chi connectivity index (χ3v) is 5.66. The van der Waals surface area contributed by atoms with Crippen LogP contribution in [0, 0.1) is 0 Å². The topological polar surface area (TPSA) is 78.5 Å². The highest BCUT2D eigenvalue weighted by molar-refractivity contribution is 6.10. The fourth-order valence-electron chi connectivity index (χ4n) is 3.91. The van der Waals surface area contributed by atoms with Crippen molar-refractivity contribution in [3.63, 3.8) is 0 Å². The molecule has 1 atom stereocenters. The second-order valence-electron chi connectivity index (χ2n) is 9.24. The number of carbonyl (C=O) groups is 3. The van der Waals surface area contributed by atoms with Gasteiger partial charge in [0.2, 0.25) is 5.91 Å². The Balaban J connectivity index is 1.75. The van der Waals surface area contributed by atoms with Crippen LogP contribution in [0.3, 0.4) is 0 Å². The molecule has 0 aliphatic carbocycles. The van der Waals surface area contributed by atoms with E-state index in [-0.39, 0.29) is 12.0 Å². The first-order chi connectivity index (χ1) is 14.6. The molecule has 1 heterocycles. The summed E-state index contributed by atoms with van der Waals surface area (Å²) in [5.74, 6) is -0.845. The Bertz CT molecular complexity index is 992. The molecular weight excluding hydrogens is 390 g/mol. The number of para-hydroxylation sites is 1. The molecule has 3 rings (SSSR count). The van der Waals surface area contributed by atoms with Crippen LogP contribution in [0.15, 0.2) is 48.5 Å². The molecule has 4 amide bonds. The third-order valence-electron chi connectivity index (χ3n) is 5.66. The molecule has 2 N–H and O–H groups in total. The van der Waals surface area contributed by atoms with Crippen molar-refractivity contribution in [2.45, 2.75) is 58.4 Å². The molecule has 1 aliphatic rings. The zero-order valence-electron chi connectivity index (χ0n) is 18.9. The number of rotatable bonds is 6. The molecule has 6 heteroatoms. The number of hydrogen-bond donors (Lipinski definition) is 2. The van der Waals surface area contributed by atoms with Gasteiger partial charge in [-0.25, -0.2) is 4.79 Å². The highest BCUT2D eigenvalue weighted by atomic mass is 16.2. The first kappa shape index (κ1) is 22.5. The van der Waals surface area contributed by atoms with E-state index in [0.29, 0.717) is 11.3 Å². The molecule has 1 unspecified atom stereocenters. The molecule has 2 aromatic carbocycles. The van der Waals surface area contributed by atoms with Crippen molar-refractivity contribution in [3.8, 4) is 0 Å². The summed E-state index contributed by atoms with van der Waals surface area (Å²) in [6, 6.07) is 14.7. The van der Waals surface area contributed by atoms with E-state index < -0.39 is 23.4 Å². The van der Waals surface area contributed by atoms with Crippen molar-refractivity contribution in [1.29, 1.82) is 0 Å². The molecule has 1 saturated heterocycles. The van der Waals surface area contributed by atoms with Crippen LogP contribution in [-0.4, -0.2) is 29.3 Å². The molecule has 0 radical (unpaired) electrons. The van der Waals surface area contributed by atoms with Crippen LogP contribution < -0.4 is 10.6 Å². The smallest absolute Gasteiger partial charge is 0.324 e. The number of nitrogens with zero attached hydrogens (tertiary/aromatic N) is 1. The lowest BCUT2D eigenvalue weighted by Gasteiger charge is -2.24. The van der Waals surface area contributed by atoms with Gasteiger partial charge < -0.3 is 10.6 Å². The van der Waals surface area contributed by atoms with Crippen molar-refractivity contribution in [1.82, 2.24) is 10.2 Å². The summed E-state index contributed by atoms with van der Waals surface area (Å²) < 4.78 is 0. The summed E-state index contributed by atoms with van der Waals surface area (Å²) in [6.45, 7) is 9.63. The number of amides is 4. The Morgan fingerprint density at radius 1 is 1.06 bits per heavy atom. The van der Waals surface area contributed by atoms with Crippen molar-refractivity contribution in [2.24, 2.45) is 0 Å². The van der Waals surface area contributed by atoms with Gasteiger partial charge in [0.25, 0.3) is 5.91 Å². The number of benzene rings is 2. The van der Waals surface area contributed by atoms with E-state index in [1.54, 1.807) is 6.92 Å². The van der Waals surface area contributed by atoms with Crippen LogP contribution >= 0.6 is 0 Å². The zero-order chi connectivity index (χ0) is 22.8. The minimum atomic E-state index is -1.19. The fourth-order valence-corrected chi connectivity index (χ4v) is 3.91. The number of aryl methyl sites for hydroxylation is 1. The molecule has 0 bridgehead atoms. The largest absolute Gasteiger partial charge is 0.325 e. The number of hydrogen-bond acceptors (Lipinski definition) is 3. The summed E-state index contributed by atoms with van der Waals surface area (Å²) in [5, 5.41) is 5.62. The van der Waals surface area contributed by atoms with Crippen molar-refractivity contribution >= 4 is 23.5 Å². The summed E-state index contributed by atoms with van der Waals surface area (Å²) in [4.78, 5) is 39.4. The number of carbonyl (C=O) groups excluding carboxylic acids is 3. The first-order valence-corrected chi connectivity index (χ1v) is 10.7. The quantitative estimate of drug-likeness (QED) is 0.681. The predicted octanol–water partition coefficient (Wildman–Crippen LogP) is 4.34. The van der Waals surface area contributed by atoms with E-state index in [0.717, 1.165) is 23.3 Å². The van der Waals surface area contributed by atoms with Gasteiger partial charge >= 0.3 is 6.03 Å². The van der Waals surface area contributed by atoms with Crippen LogP contribution in [0.1, 0.15) is 57.7 Å². The van der Waals surface area contributed by atoms with Crippen molar-refractivity contribution in [2.75, 3.05) is 11.9 Å². The monoisotopic (exact) mass is 421 g/mol. The van der Waals surface area contributed by atoms with Gasteiger partial charge in [0, 0.05) is 5.69 Å². The lowest BCUT2D eigenvalue weighted by atomic mass is 9.86. The van der Waals surface area contributed by atoms with E-state index in [4.69, 9.17) is 0 Å². The Hall–Kier alpha value is -3.15. The van der Waals surface area contributed by atoms with Crippen molar-refractivity contribution in [3.05, 3.63) is 65.2 Å². The summed E-state index contributed by atoms with van der Waals surface area (Å²) in [5.41, 5.74) is 2.20. The average Bonchev–Trinajstić information content (AvgIpc) is 2.92. The molecule has 0 saturated carbocycles. The Morgan fingerprint density at radius 2 is 1.71 bits per heavy atom. The number of imide groups is 1. The Labute approximate surface area is 184 Å². The molecule has 31 heavy (non-hydrogen) atoms. The predicted molar refractivity (Wildman–Crippen MR) is 122 cm³/mol. The van der Waals surface area contributed by atoms with E-state index in [9.17, 15) is 14.4 Å².